The number of halogens is 1. The van der Waals surface area contributed by atoms with Crippen molar-refractivity contribution < 1.29 is 9.32 Å². The molecule has 0 fully saturated rings. The number of benzene rings is 1. The van der Waals surface area contributed by atoms with Gasteiger partial charge in [0.15, 0.2) is 0 Å². The zero-order chi connectivity index (χ0) is 13.8. The van der Waals surface area contributed by atoms with Crippen molar-refractivity contribution in [1.29, 1.82) is 0 Å². The topological polar surface area (TPSA) is 94.0 Å². The van der Waals surface area contributed by atoms with Gasteiger partial charge in [-0.2, -0.15) is 4.98 Å². The summed E-state index contributed by atoms with van der Waals surface area (Å²) in [6, 6.07) is 6.54. The Labute approximate surface area is 114 Å². The molecule has 0 aliphatic carbocycles. The molecule has 1 amide bonds. The van der Waals surface area contributed by atoms with Gasteiger partial charge in [-0.05, 0) is 19.1 Å². The van der Waals surface area contributed by atoms with Crippen molar-refractivity contribution in [1.82, 2.24) is 15.5 Å². The number of nitrogens with one attached hydrogen (secondary N) is 1. The third-order valence-electron chi connectivity index (χ3n) is 2.38. The Bertz CT molecular complexity index is 583. The summed E-state index contributed by atoms with van der Waals surface area (Å²) in [6.45, 7) is 1.74. The number of nitrogens with zero attached hydrogens (tertiary/aromatic N) is 2. The van der Waals surface area contributed by atoms with Gasteiger partial charge in [0.2, 0.25) is 17.6 Å². The lowest BCUT2D eigenvalue weighted by Crippen LogP contribution is -2.37. The molecule has 0 aliphatic heterocycles. The van der Waals surface area contributed by atoms with Gasteiger partial charge in [0, 0.05) is 10.6 Å². The first-order chi connectivity index (χ1) is 9.06. The minimum Gasteiger partial charge on any atom is -0.346 e. The van der Waals surface area contributed by atoms with Crippen LogP contribution in [0.2, 0.25) is 5.02 Å². The van der Waals surface area contributed by atoms with E-state index in [9.17, 15) is 4.79 Å². The van der Waals surface area contributed by atoms with Gasteiger partial charge >= 0.3 is 0 Å². The Morgan fingerprint density at radius 2 is 2.37 bits per heavy atom. The summed E-state index contributed by atoms with van der Waals surface area (Å²) < 4.78 is 5.03. The predicted octanol–water partition coefficient (Wildman–Crippen LogP) is 1.35. The number of carbonyl (C=O) groups excluding carboxylic acids is 1. The number of carbonyl (C=O) groups is 1. The normalized spacial score (nSPS) is 12.2. The molecular weight excluding hydrogens is 268 g/mol. The van der Waals surface area contributed by atoms with E-state index in [0.717, 1.165) is 5.56 Å². The first kappa shape index (κ1) is 13.5. The molecule has 0 spiro atoms. The van der Waals surface area contributed by atoms with Gasteiger partial charge in [-0.1, -0.05) is 28.9 Å². The van der Waals surface area contributed by atoms with E-state index in [-0.39, 0.29) is 12.5 Å². The SMILES string of the molecule is C[C@@H](N)C(=O)NCc1nc(-c2cccc(Cl)c2)no1. The minimum absolute atomic E-state index is 0.147. The van der Waals surface area contributed by atoms with Gasteiger partial charge in [-0.15, -0.1) is 0 Å². The van der Waals surface area contributed by atoms with Crippen LogP contribution in [-0.2, 0) is 11.3 Å². The summed E-state index contributed by atoms with van der Waals surface area (Å²) in [5, 5.41) is 7.00. The molecule has 0 radical (unpaired) electrons. The van der Waals surface area contributed by atoms with Crippen LogP contribution in [0, 0.1) is 0 Å². The highest BCUT2D eigenvalue weighted by molar-refractivity contribution is 6.30. The Kier molecular flexibility index (Phi) is 4.13. The maximum Gasteiger partial charge on any atom is 0.246 e. The first-order valence-electron chi connectivity index (χ1n) is 5.68. The third-order valence-corrected chi connectivity index (χ3v) is 2.61. The Morgan fingerprint density at radius 1 is 1.58 bits per heavy atom. The third kappa shape index (κ3) is 3.52. The summed E-state index contributed by atoms with van der Waals surface area (Å²) in [7, 11) is 0. The first-order valence-corrected chi connectivity index (χ1v) is 6.06. The fourth-order valence-electron chi connectivity index (χ4n) is 1.40. The second-order valence-electron chi connectivity index (χ2n) is 4.03. The van der Waals surface area contributed by atoms with Gasteiger partial charge in [-0.3, -0.25) is 4.79 Å². The van der Waals surface area contributed by atoms with Crippen LogP contribution in [0.3, 0.4) is 0 Å². The van der Waals surface area contributed by atoms with E-state index in [4.69, 9.17) is 21.9 Å². The van der Waals surface area contributed by atoms with E-state index in [1.807, 2.05) is 6.07 Å². The molecule has 0 saturated carbocycles. The molecule has 7 heteroatoms. The van der Waals surface area contributed by atoms with Gasteiger partial charge in [0.1, 0.15) is 0 Å². The summed E-state index contributed by atoms with van der Waals surface area (Å²) in [6.07, 6.45) is 0. The van der Waals surface area contributed by atoms with E-state index >= 15 is 0 Å². The van der Waals surface area contributed by atoms with Crippen LogP contribution in [-0.4, -0.2) is 22.1 Å². The Balaban J connectivity index is 2.05. The van der Waals surface area contributed by atoms with E-state index in [2.05, 4.69) is 15.5 Å². The van der Waals surface area contributed by atoms with Crippen LogP contribution < -0.4 is 11.1 Å². The fourth-order valence-corrected chi connectivity index (χ4v) is 1.59. The van der Waals surface area contributed by atoms with Crippen molar-refractivity contribution in [3.8, 4) is 11.4 Å². The summed E-state index contributed by atoms with van der Waals surface area (Å²) in [5.74, 6) is 0.457. The highest BCUT2D eigenvalue weighted by Crippen LogP contribution is 2.19. The minimum atomic E-state index is -0.574. The molecule has 3 N–H and O–H groups in total. The second-order valence-corrected chi connectivity index (χ2v) is 4.46. The number of rotatable bonds is 4. The molecule has 0 bridgehead atoms. The average Bonchev–Trinajstić information content (AvgIpc) is 2.84. The largest absolute Gasteiger partial charge is 0.346 e. The number of hydrogen-bond donors (Lipinski definition) is 2. The summed E-state index contributed by atoms with van der Waals surface area (Å²) in [5.41, 5.74) is 6.17. The van der Waals surface area contributed by atoms with Gasteiger partial charge in [0.25, 0.3) is 0 Å². The maximum absolute atomic E-state index is 11.3. The van der Waals surface area contributed by atoms with Crippen LogP contribution in [0.1, 0.15) is 12.8 Å². The van der Waals surface area contributed by atoms with Gasteiger partial charge in [-0.25, -0.2) is 0 Å². The molecule has 6 nitrogen and oxygen atoms in total. The average molecular weight is 281 g/mol. The lowest BCUT2D eigenvalue weighted by Gasteiger charge is -2.03. The molecule has 1 aromatic heterocycles. The van der Waals surface area contributed by atoms with E-state index in [1.165, 1.54) is 0 Å². The monoisotopic (exact) mass is 280 g/mol. The van der Waals surface area contributed by atoms with E-state index < -0.39 is 6.04 Å². The predicted molar refractivity (Wildman–Crippen MR) is 70.2 cm³/mol. The molecule has 2 aromatic rings. The van der Waals surface area contributed by atoms with Gasteiger partial charge < -0.3 is 15.6 Å². The molecule has 0 unspecified atom stereocenters. The molecular formula is C12H13ClN4O2. The number of nitrogens with two attached hydrogens (primary N) is 1. The smallest absolute Gasteiger partial charge is 0.246 e. The summed E-state index contributed by atoms with van der Waals surface area (Å²) in [4.78, 5) is 15.5. The highest BCUT2D eigenvalue weighted by atomic mass is 35.5. The van der Waals surface area contributed by atoms with E-state index in [1.54, 1.807) is 25.1 Å². The zero-order valence-corrected chi connectivity index (χ0v) is 11.0. The van der Waals surface area contributed by atoms with Crippen LogP contribution in [0.4, 0.5) is 0 Å². The van der Waals surface area contributed by atoms with Crippen LogP contribution in [0.15, 0.2) is 28.8 Å². The van der Waals surface area contributed by atoms with Crippen LogP contribution >= 0.6 is 11.6 Å². The Hall–Kier alpha value is -1.92. The second kappa shape index (κ2) is 5.81. The molecule has 1 atom stereocenters. The van der Waals surface area contributed by atoms with Crippen LogP contribution in [0.5, 0.6) is 0 Å². The molecule has 0 aliphatic rings. The molecule has 2 rings (SSSR count). The quantitative estimate of drug-likeness (QED) is 0.882. The van der Waals surface area contributed by atoms with Crippen LogP contribution in [0.25, 0.3) is 11.4 Å². The molecule has 1 heterocycles. The summed E-state index contributed by atoms with van der Waals surface area (Å²) >= 11 is 5.88. The number of hydrogen-bond acceptors (Lipinski definition) is 5. The lowest BCUT2D eigenvalue weighted by atomic mass is 10.2. The van der Waals surface area contributed by atoms with Crippen molar-refractivity contribution in [3.05, 3.63) is 35.2 Å². The molecule has 0 saturated heterocycles. The van der Waals surface area contributed by atoms with Crippen molar-refractivity contribution in [3.63, 3.8) is 0 Å². The lowest BCUT2D eigenvalue weighted by molar-refractivity contribution is -0.122. The molecule has 100 valence electrons. The van der Waals surface area contributed by atoms with Crippen molar-refractivity contribution in [2.45, 2.75) is 19.5 Å². The standard InChI is InChI=1S/C12H13ClN4O2/c1-7(14)12(18)15-6-10-16-11(17-19-10)8-3-2-4-9(13)5-8/h2-5,7H,6,14H2,1H3,(H,15,18)/t7-/m1/s1. The van der Waals surface area contributed by atoms with E-state index in [0.29, 0.717) is 16.7 Å². The molecule has 19 heavy (non-hydrogen) atoms. The fraction of sp³-hybridized carbons (Fsp3) is 0.250. The van der Waals surface area contributed by atoms with Crippen molar-refractivity contribution in [2.24, 2.45) is 5.73 Å². The Morgan fingerprint density at radius 3 is 3.05 bits per heavy atom. The van der Waals surface area contributed by atoms with Gasteiger partial charge in [0.05, 0.1) is 12.6 Å². The van der Waals surface area contributed by atoms with Crippen molar-refractivity contribution >= 4 is 17.5 Å². The zero-order valence-electron chi connectivity index (χ0n) is 10.3. The molecule has 1 aromatic carbocycles. The highest BCUT2D eigenvalue weighted by Gasteiger charge is 2.11. The van der Waals surface area contributed by atoms with Crippen molar-refractivity contribution in [2.75, 3.05) is 0 Å². The number of amides is 1. The maximum atomic E-state index is 11.3. The number of aromatic nitrogens is 2.